The number of aryl methyl sites for hydroxylation is 1. The summed E-state index contributed by atoms with van der Waals surface area (Å²) < 4.78 is 10.1. The molecule has 3 aliphatic rings. The molecule has 2 bridgehead atoms. The molecule has 2 amide bonds. The zero-order valence-electron chi connectivity index (χ0n) is 24.7. The van der Waals surface area contributed by atoms with Crippen molar-refractivity contribution >= 4 is 33.9 Å². The minimum Gasteiger partial charge on any atom is -0.494 e. The van der Waals surface area contributed by atoms with Gasteiger partial charge in [0.1, 0.15) is 16.9 Å². The number of rotatable bonds is 7. The highest BCUT2D eigenvalue weighted by molar-refractivity contribution is 6.00. The Morgan fingerprint density at radius 1 is 1.00 bits per heavy atom. The molecule has 4 N–H and O–H groups in total. The van der Waals surface area contributed by atoms with Gasteiger partial charge in [-0.15, -0.1) is 0 Å². The third kappa shape index (κ3) is 4.17. The second-order valence-electron chi connectivity index (χ2n) is 12.5. The molecule has 8 rings (SSSR count). The SMILES string of the molecule is COc1cc(C(=O)N2CC3CCC2[C@@H]3N)cc2nc(-c3cc4ccc(-c5ccc(C(N)=O)cn5)nc4n3CC3CC3)n(C)c12. The zero-order chi connectivity index (χ0) is 30.3. The van der Waals surface area contributed by atoms with Crippen LogP contribution in [0.5, 0.6) is 5.75 Å². The van der Waals surface area contributed by atoms with E-state index in [0.29, 0.717) is 52.2 Å². The number of imidazole rings is 1. The Morgan fingerprint density at radius 2 is 1.82 bits per heavy atom. The van der Waals surface area contributed by atoms with Crippen molar-refractivity contribution in [2.45, 2.75) is 44.3 Å². The van der Waals surface area contributed by atoms with Crippen LogP contribution in [-0.4, -0.2) is 66.5 Å². The quantitative estimate of drug-likeness (QED) is 0.294. The number of nitrogens with two attached hydrogens (primary N) is 2. The molecule has 3 fully saturated rings. The molecule has 44 heavy (non-hydrogen) atoms. The minimum atomic E-state index is -0.516. The van der Waals surface area contributed by atoms with Gasteiger partial charge >= 0.3 is 0 Å². The predicted octanol–water partition coefficient (Wildman–Crippen LogP) is 3.73. The van der Waals surface area contributed by atoms with Crippen LogP contribution in [0.15, 0.2) is 48.7 Å². The summed E-state index contributed by atoms with van der Waals surface area (Å²) in [6.45, 7) is 1.53. The number of fused-ring (bicyclic) bond motifs is 4. The number of primary amides is 1. The van der Waals surface area contributed by atoms with E-state index in [1.165, 1.54) is 19.0 Å². The van der Waals surface area contributed by atoms with Crippen LogP contribution in [-0.2, 0) is 13.6 Å². The van der Waals surface area contributed by atoms with Crippen LogP contribution in [0.1, 0.15) is 46.4 Å². The summed E-state index contributed by atoms with van der Waals surface area (Å²) in [4.78, 5) is 41.7. The summed E-state index contributed by atoms with van der Waals surface area (Å²) >= 11 is 0. The van der Waals surface area contributed by atoms with Crippen LogP contribution in [0, 0.1) is 11.8 Å². The molecule has 2 unspecified atom stereocenters. The average molecular weight is 591 g/mol. The fourth-order valence-electron chi connectivity index (χ4n) is 7.16. The number of pyridine rings is 2. The molecular formula is C33H34N8O3. The van der Waals surface area contributed by atoms with E-state index >= 15 is 0 Å². The topological polar surface area (TPSA) is 147 Å². The van der Waals surface area contributed by atoms with Crippen LogP contribution in [0.2, 0.25) is 0 Å². The number of ether oxygens (including phenoxy) is 1. The monoisotopic (exact) mass is 590 g/mol. The van der Waals surface area contributed by atoms with Crippen LogP contribution in [0.3, 0.4) is 0 Å². The second-order valence-corrected chi connectivity index (χ2v) is 12.5. The summed E-state index contributed by atoms with van der Waals surface area (Å²) in [6.07, 6.45) is 5.88. The molecular weight excluding hydrogens is 556 g/mol. The van der Waals surface area contributed by atoms with E-state index < -0.39 is 5.91 Å². The van der Waals surface area contributed by atoms with Gasteiger partial charge < -0.3 is 30.2 Å². The Kier molecular flexibility index (Phi) is 6.02. The number of methoxy groups -OCH3 is 1. The Balaban J connectivity index is 1.22. The smallest absolute Gasteiger partial charge is 0.254 e. The molecule has 5 aromatic rings. The summed E-state index contributed by atoms with van der Waals surface area (Å²) in [5, 5.41) is 0.994. The summed E-state index contributed by atoms with van der Waals surface area (Å²) in [6, 6.07) is 13.4. The number of carbonyl (C=O) groups is 2. The maximum absolute atomic E-state index is 13.7. The van der Waals surface area contributed by atoms with Gasteiger partial charge in [0, 0.05) is 49.4 Å². The van der Waals surface area contributed by atoms with Crippen LogP contribution in [0.4, 0.5) is 0 Å². The van der Waals surface area contributed by atoms with E-state index in [1.807, 2.05) is 40.8 Å². The first-order chi connectivity index (χ1) is 21.3. The highest BCUT2D eigenvalue weighted by Crippen LogP contribution is 2.40. The number of hydrogen-bond acceptors (Lipinski definition) is 7. The van der Waals surface area contributed by atoms with Gasteiger partial charge in [-0.3, -0.25) is 14.6 Å². The van der Waals surface area contributed by atoms with Crippen molar-refractivity contribution in [1.82, 2.24) is 29.0 Å². The standard InChI is InChI=1S/C33H34N8O3/c1-39-29-24(11-21(13-27(29)44-2)33(43)41-16-20-7-10-25(41)28(20)34)38-32(39)26-12-18-5-9-23(22-8-6-19(14-36-22)30(35)42)37-31(18)40(26)15-17-3-4-17/h5-6,8-9,11-14,17,20,25,28H,3-4,7,10,15-16,34H2,1-2H3,(H2,35,42)/t20?,25?,28-/m1/s1. The molecule has 2 aliphatic carbocycles. The largest absolute Gasteiger partial charge is 0.494 e. The maximum atomic E-state index is 13.7. The van der Waals surface area contributed by atoms with Gasteiger partial charge in [-0.1, -0.05) is 0 Å². The van der Waals surface area contributed by atoms with Crippen molar-refractivity contribution in [3.63, 3.8) is 0 Å². The van der Waals surface area contributed by atoms with Crippen molar-refractivity contribution in [2.24, 2.45) is 30.4 Å². The van der Waals surface area contributed by atoms with Crippen molar-refractivity contribution in [1.29, 1.82) is 0 Å². The van der Waals surface area contributed by atoms with E-state index in [1.54, 1.807) is 19.2 Å². The fraction of sp³-hybridized carbons (Fsp3) is 0.364. The lowest BCUT2D eigenvalue weighted by Crippen LogP contribution is -2.41. The lowest BCUT2D eigenvalue weighted by atomic mass is 10.1. The molecule has 1 aliphatic heterocycles. The van der Waals surface area contributed by atoms with Crippen molar-refractivity contribution in [3.8, 4) is 28.7 Å². The van der Waals surface area contributed by atoms with Crippen LogP contribution < -0.4 is 16.2 Å². The molecule has 11 nitrogen and oxygen atoms in total. The first-order valence-corrected chi connectivity index (χ1v) is 15.2. The maximum Gasteiger partial charge on any atom is 0.254 e. The van der Waals surface area contributed by atoms with Crippen LogP contribution >= 0.6 is 0 Å². The number of hydrogen-bond donors (Lipinski definition) is 2. The normalized spacial score (nSPS) is 21.1. The molecule has 11 heteroatoms. The van der Waals surface area contributed by atoms with E-state index in [0.717, 1.165) is 47.5 Å². The summed E-state index contributed by atoms with van der Waals surface area (Å²) in [5.41, 5.74) is 17.4. The highest BCUT2D eigenvalue weighted by atomic mass is 16.5. The number of piperidine rings is 1. The van der Waals surface area contributed by atoms with Gasteiger partial charge in [0.15, 0.2) is 5.82 Å². The molecule has 1 aromatic carbocycles. The lowest BCUT2D eigenvalue weighted by molar-refractivity contribution is 0.0700. The Hall–Kier alpha value is -4.77. The van der Waals surface area contributed by atoms with Gasteiger partial charge in [-0.05, 0) is 80.0 Å². The molecule has 1 saturated heterocycles. The fourth-order valence-corrected chi connectivity index (χ4v) is 7.16. The first kappa shape index (κ1) is 26.8. The Morgan fingerprint density at radius 3 is 2.48 bits per heavy atom. The van der Waals surface area contributed by atoms with Gasteiger partial charge in [0.25, 0.3) is 5.91 Å². The molecule has 3 atom stereocenters. The van der Waals surface area contributed by atoms with Gasteiger partial charge in [-0.25, -0.2) is 9.97 Å². The number of nitrogens with zero attached hydrogens (tertiary/aromatic N) is 6. The highest BCUT2D eigenvalue weighted by Gasteiger charge is 2.47. The van der Waals surface area contributed by atoms with E-state index in [4.69, 9.17) is 26.2 Å². The van der Waals surface area contributed by atoms with Crippen molar-refractivity contribution < 1.29 is 14.3 Å². The predicted molar refractivity (Wildman–Crippen MR) is 166 cm³/mol. The zero-order valence-corrected chi connectivity index (χ0v) is 24.7. The van der Waals surface area contributed by atoms with Crippen molar-refractivity contribution in [2.75, 3.05) is 13.7 Å². The molecule has 224 valence electrons. The van der Waals surface area contributed by atoms with E-state index in [-0.39, 0.29) is 18.0 Å². The lowest BCUT2D eigenvalue weighted by Gasteiger charge is -2.27. The third-order valence-corrected chi connectivity index (χ3v) is 9.74. The number of aromatic nitrogens is 5. The molecule has 2 saturated carbocycles. The second kappa shape index (κ2) is 9.88. The van der Waals surface area contributed by atoms with E-state index in [2.05, 4.69) is 15.6 Å². The average Bonchev–Trinajstić information content (AvgIpc) is 3.44. The first-order valence-electron chi connectivity index (χ1n) is 15.2. The molecule has 4 aromatic heterocycles. The third-order valence-electron chi connectivity index (χ3n) is 9.74. The van der Waals surface area contributed by atoms with Gasteiger partial charge in [-0.2, -0.15) is 0 Å². The minimum absolute atomic E-state index is 0.0166. The molecule has 0 spiro atoms. The number of likely N-dealkylation sites (tertiary alicyclic amines) is 1. The molecule has 0 radical (unpaired) electrons. The van der Waals surface area contributed by atoms with Crippen molar-refractivity contribution in [3.05, 3.63) is 59.8 Å². The van der Waals surface area contributed by atoms with Crippen LogP contribution in [0.25, 0.3) is 45.0 Å². The molecule has 5 heterocycles. The van der Waals surface area contributed by atoms with Gasteiger partial charge in [0.2, 0.25) is 5.91 Å². The summed E-state index contributed by atoms with van der Waals surface area (Å²) in [5.74, 6) is 1.81. The Bertz CT molecular complexity index is 1970. The van der Waals surface area contributed by atoms with Gasteiger partial charge in [0.05, 0.1) is 35.3 Å². The number of amides is 2. The number of carbonyl (C=O) groups excluding carboxylic acids is 2. The summed E-state index contributed by atoms with van der Waals surface area (Å²) in [7, 11) is 3.61. The van der Waals surface area contributed by atoms with E-state index in [9.17, 15) is 9.59 Å². The number of benzene rings is 1. The Labute approximate surface area is 253 Å².